The molecule has 0 N–H and O–H groups in total. The molecule has 0 bridgehead atoms. The van der Waals surface area contributed by atoms with Gasteiger partial charge in [0.1, 0.15) is 0 Å². The molecule has 0 amide bonds. The summed E-state index contributed by atoms with van der Waals surface area (Å²) in [4.78, 5) is 0. The van der Waals surface area contributed by atoms with E-state index in [0.29, 0.717) is 0 Å². The second-order valence-corrected chi connectivity index (χ2v) is 5.35. The van der Waals surface area contributed by atoms with Crippen molar-refractivity contribution < 1.29 is 0 Å². The van der Waals surface area contributed by atoms with Gasteiger partial charge in [-0.2, -0.15) is 0 Å². The predicted molar refractivity (Wildman–Crippen MR) is 87.3 cm³/mol. The van der Waals surface area contributed by atoms with Crippen LogP contribution in [0, 0.1) is 0 Å². The van der Waals surface area contributed by atoms with Gasteiger partial charge in [0.05, 0.1) is 0 Å². The zero-order valence-corrected chi connectivity index (χ0v) is 11.8. The summed E-state index contributed by atoms with van der Waals surface area (Å²) in [6.07, 6.45) is 9.65. The van der Waals surface area contributed by atoms with Crippen LogP contribution in [-0.2, 0) is 0 Å². The van der Waals surface area contributed by atoms with Gasteiger partial charge in [0.2, 0.25) is 0 Å². The number of allylic oxidation sites excluding steroid dienone is 3. The molecule has 0 nitrogen and oxygen atoms in total. The highest BCUT2D eigenvalue weighted by molar-refractivity contribution is 5.81. The fourth-order valence-electron chi connectivity index (χ4n) is 2.41. The molecule has 20 heavy (non-hydrogen) atoms. The summed E-state index contributed by atoms with van der Waals surface area (Å²) in [5, 5.41) is 0. The van der Waals surface area contributed by atoms with E-state index in [9.17, 15) is 0 Å². The molecular formula is C20H20. The quantitative estimate of drug-likeness (QED) is 0.476. The van der Waals surface area contributed by atoms with Crippen LogP contribution in [0.2, 0.25) is 0 Å². The molecule has 1 aliphatic carbocycles. The minimum Gasteiger partial charge on any atom is -0.0850 e. The van der Waals surface area contributed by atoms with Crippen molar-refractivity contribution in [2.45, 2.75) is 25.7 Å². The van der Waals surface area contributed by atoms with E-state index in [1.807, 2.05) is 0 Å². The molecule has 1 fully saturated rings. The first kappa shape index (κ1) is 12.9. The second kappa shape index (κ2) is 6.38. The van der Waals surface area contributed by atoms with Crippen LogP contribution in [0.5, 0.6) is 0 Å². The SMILES string of the molecule is C(CC/C(=C/c1ccccc1)c1ccccc1)=C1CC1. The summed E-state index contributed by atoms with van der Waals surface area (Å²) in [5.41, 5.74) is 5.68. The zero-order valence-electron chi connectivity index (χ0n) is 11.8. The van der Waals surface area contributed by atoms with Crippen LogP contribution in [0.4, 0.5) is 0 Å². The van der Waals surface area contributed by atoms with Crippen molar-refractivity contribution in [2.75, 3.05) is 0 Å². The minimum absolute atomic E-state index is 1.11. The molecule has 2 aromatic carbocycles. The molecule has 1 aliphatic rings. The maximum atomic E-state index is 2.42. The van der Waals surface area contributed by atoms with Gasteiger partial charge in [-0.1, -0.05) is 78.4 Å². The fourth-order valence-corrected chi connectivity index (χ4v) is 2.41. The van der Waals surface area contributed by atoms with Crippen molar-refractivity contribution in [3.8, 4) is 0 Å². The molecule has 0 aliphatic heterocycles. The molecule has 100 valence electrons. The van der Waals surface area contributed by atoms with Crippen LogP contribution in [0.25, 0.3) is 11.6 Å². The summed E-state index contributed by atoms with van der Waals surface area (Å²) >= 11 is 0. The van der Waals surface area contributed by atoms with E-state index in [1.54, 1.807) is 5.57 Å². The van der Waals surface area contributed by atoms with Crippen LogP contribution >= 0.6 is 0 Å². The fraction of sp³-hybridized carbons (Fsp3) is 0.200. The maximum absolute atomic E-state index is 2.42. The van der Waals surface area contributed by atoms with Gasteiger partial charge in [-0.05, 0) is 42.4 Å². The van der Waals surface area contributed by atoms with Gasteiger partial charge in [0, 0.05) is 0 Å². The highest BCUT2D eigenvalue weighted by atomic mass is 14.2. The van der Waals surface area contributed by atoms with E-state index >= 15 is 0 Å². The van der Waals surface area contributed by atoms with Crippen LogP contribution in [0.3, 0.4) is 0 Å². The first-order valence-corrected chi connectivity index (χ1v) is 7.41. The Morgan fingerprint density at radius 1 is 0.850 bits per heavy atom. The van der Waals surface area contributed by atoms with Gasteiger partial charge in [-0.3, -0.25) is 0 Å². The first-order chi connectivity index (χ1) is 9.92. The van der Waals surface area contributed by atoms with Gasteiger partial charge >= 0.3 is 0 Å². The molecular weight excluding hydrogens is 240 g/mol. The Bertz CT molecular complexity index is 597. The van der Waals surface area contributed by atoms with Crippen LogP contribution < -0.4 is 0 Å². The lowest BCUT2D eigenvalue weighted by atomic mass is 9.98. The number of hydrogen-bond donors (Lipinski definition) is 0. The Morgan fingerprint density at radius 2 is 1.50 bits per heavy atom. The van der Waals surface area contributed by atoms with Gasteiger partial charge < -0.3 is 0 Å². The van der Waals surface area contributed by atoms with Gasteiger partial charge in [-0.15, -0.1) is 0 Å². The highest BCUT2D eigenvalue weighted by Gasteiger charge is 2.09. The van der Waals surface area contributed by atoms with Crippen molar-refractivity contribution >= 4 is 11.6 Å². The van der Waals surface area contributed by atoms with Crippen molar-refractivity contribution in [3.05, 3.63) is 83.4 Å². The summed E-state index contributed by atoms with van der Waals surface area (Å²) in [7, 11) is 0. The van der Waals surface area contributed by atoms with Crippen LogP contribution in [0.15, 0.2) is 72.3 Å². The lowest BCUT2D eigenvalue weighted by molar-refractivity contribution is 1.07. The van der Waals surface area contributed by atoms with Crippen LogP contribution in [0.1, 0.15) is 36.8 Å². The van der Waals surface area contributed by atoms with E-state index in [4.69, 9.17) is 0 Å². The smallest absolute Gasteiger partial charge is 0.0224 e. The highest BCUT2D eigenvalue weighted by Crippen LogP contribution is 2.30. The summed E-state index contributed by atoms with van der Waals surface area (Å²) in [6.45, 7) is 0. The lowest BCUT2D eigenvalue weighted by Gasteiger charge is -2.07. The second-order valence-electron chi connectivity index (χ2n) is 5.35. The predicted octanol–water partition coefficient (Wildman–Crippen LogP) is 5.73. The third-order valence-electron chi connectivity index (χ3n) is 3.67. The molecule has 2 aromatic rings. The summed E-state index contributed by atoms with van der Waals surface area (Å²) in [6, 6.07) is 21.3. The van der Waals surface area contributed by atoms with E-state index in [-0.39, 0.29) is 0 Å². The topological polar surface area (TPSA) is 0 Å². The molecule has 0 unspecified atom stereocenters. The lowest BCUT2D eigenvalue weighted by Crippen LogP contribution is -1.85. The molecule has 0 radical (unpaired) electrons. The van der Waals surface area contributed by atoms with Crippen molar-refractivity contribution in [2.24, 2.45) is 0 Å². The van der Waals surface area contributed by atoms with E-state index in [2.05, 4.69) is 72.8 Å². The number of hydrogen-bond acceptors (Lipinski definition) is 0. The Labute approximate surface area is 121 Å². The molecule has 0 saturated heterocycles. The molecule has 0 spiro atoms. The summed E-state index contributed by atoms with van der Waals surface area (Å²) < 4.78 is 0. The zero-order chi connectivity index (χ0) is 13.6. The number of benzene rings is 2. The van der Waals surface area contributed by atoms with E-state index < -0.39 is 0 Å². The Hall–Kier alpha value is -2.08. The molecule has 0 heteroatoms. The van der Waals surface area contributed by atoms with E-state index in [0.717, 1.165) is 12.8 Å². The van der Waals surface area contributed by atoms with Gasteiger partial charge in [0.15, 0.2) is 0 Å². The average Bonchev–Trinajstić information content (AvgIpc) is 3.32. The van der Waals surface area contributed by atoms with Crippen LogP contribution in [-0.4, -0.2) is 0 Å². The van der Waals surface area contributed by atoms with Crippen molar-refractivity contribution in [3.63, 3.8) is 0 Å². The Balaban J connectivity index is 1.82. The third kappa shape index (κ3) is 3.71. The molecule has 0 atom stereocenters. The van der Waals surface area contributed by atoms with E-state index in [1.165, 1.54) is 29.5 Å². The third-order valence-corrected chi connectivity index (χ3v) is 3.67. The summed E-state index contributed by atoms with van der Waals surface area (Å²) in [5.74, 6) is 0. The number of rotatable bonds is 5. The molecule has 1 saturated carbocycles. The standard InChI is InChI=1S/C20H20/c1-3-8-18(9-4-1)16-20(13-7-10-17-14-15-17)19-11-5-2-6-12-19/h1-6,8-12,16H,7,13-15H2/b20-16-. The normalized spacial score (nSPS) is 14.2. The molecule has 3 rings (SSSR count). The van der Waals surface area contributed by atoms with Crippen molar-refractivity contribution in [1.82, 2.24) is 0 Å². The Morgan fingerprint density at radius 3 is 2.15 bits per heavy atom. The average molecular weight is 260 g/mol. The van der Waals surface area contributed by atoms with Gasteiger partial charge in [-0.25, -0.2) is 0 Å². The first-order valence-electron chi connectivity index (χ1n) is 7.41. The largest absolute Gasteiger partial charge is 0.0850 e. The Kier molecular flexibility index (Phi) is 4.13. The molecule has 0 aromatic heterocycles. The monoisotopic (exact) mass is 260 g/mol. The molecule has 0 heterocycles. The van der Waals surface area contributed by atoms with Gasteiger partial charge in [0.25, 0.3) is 0 Å². The minimum atomic E-state index is 1.11. The van der Waals surface area contributed by atoms with Crippen molar-refractivity contribution in [1.29, 1.82) is 0 Å². The maximum Gasteiger partial charge on any atom is -0.0224 e.